The van der Waals surface area contributed by atoms with E-state index in [4.69, 9.17) is 11.6 Å². The van der Waals surface area contributed by atoms with Gasteiger partial charge >= 0.3 is 0 Å². The van der Waals surface area contributed by atoms with E-state index in [1.807, 2.05) is 0 Å². The Morgan fingerprint density at radius 3 is 2.82 bits per heavy atom. The van der Waals surface area contributed by atoms with Crippen LogP contribution < -0.4 is 11.1 Å². The molecular weight excluding hydrogens is 282 g/mol. The number of carbonyl (C=O) groups is 2. The Morgan fingerprint density at radius 2 is 2.14 bits per heavy atom. The molecule has 0 bridgehead atoms. The summed E-state index contributed by atoms with van der Waals surface area (Å²) in [6.45, 7) is 1.04. The van der Waals surface area contributed by atoms with Crippen molar-refractivity contribution in [3.8, 4) is 0 Å². The standard InChI is InChI=1S/C15H16N5O2/c16-14(21)9-1-2-10-7-18-13(6-12(10)5-9)19-15(22)11-3-4-20(17)8-11/h1-2,5-7,11,17H,3-4,8H2,(H2,16,21)(H,18,19,22)/q-1/t11-/m0/s1. The van der Waals surface area contributed by atoms with Crippen LogP contribution in [0.25, 0.3) is 16.6 Å². The van der Waals surface area contributed by atoms with Gasteiger partial charge < -0.3 is 21.9 Å². The predicted octanol–water partition coefficient (Wildman–Crippen LogP) is 1.56. The van der Waals surface area contributed by atoms with Crippen molar-refractivity contribution < 1.29 is 9.59 Å². The molecule has 114 valence electrons. The number of nitrogens with zero attached hydrogens (tertiary/aromatic N) is 2. The summed E-state index contributed by atoms with van der Waals surface area (Å²) in [4.78, 5) is 27.6. The van der Waals surface area contributed by atoms with Crippen molar-refractivity contribution >= 4 is 28.4 Å². The Morgan fingerprint density at radius 1 is 1.32 bits per heavy atom. The van der Waals surface area contributed by atoms with Crippen molar-refractivity contribution in [1.29, 1.82) is 0 Å². The number of nitrogens with two attached hydrogens (primary N) is 1. The van der Waals surface area contributed by atoms with Crippen molar-refractivity contribution in [1.82, 2.24) is 9.99 Å². The molecule has 1 saturated heterocycles. The molecule has 1 fully saturated rings. The first-order valence-corrected chi connectivity index (χ1v) is 6.99. The van der Waals surface area contributed by atoms with Gasteiger partial charge in [-0.1, -0.05) is 6.07 Å². The molecule has 1 aromatic heterocycles. The van der Waals surface area contributed by atoms with Gasteiger partial charge in [-0.25, -0.2) is 4.98 Å². The molecule has 0 unspecified atom stereocenters. The maximum absolute atomic E-state index is 12.1. The summed E-state index contributed by atoms with van der Waals surface area (Å²) in [5, 5.41) is 5.80. The lowest BCUT2D eigenvalue weighted by Gasteiger charge is -2.18. The van der Waals surface area contributed by atoms with Gasteiger partial charge in [-0.15, -0.1) is 0 Å². The van der Waals surface area contributed by atoms with E-state index in [1.165, 1.54) is 5.01 Å². The van der Waals surface area contributed by atoms with Crippen LogP contribution in [0, 0.1) is 5.92 Å². The van der Waals surface area contributed by atoms with Crippen LogP contribution in [-0.2, 0) is 4.79 Å². The summed E-state index contributed by atoms with van der Waals surface area (Å²) in [6, 6.07) is 6.80. The number of amides is 2. The molecule has 1 atom stereocenters. The Labute approximate surface area is 127 Å². The SMILES string of the molecule is [NH-]N1CC[C@H](C(=O)Nc2cc3cc(C(N)=O)ccc3cn2)C1. The van der Waals surface area contributed by atoms with Gasteiger partial charge in [0.05, 0.1) is 5.92 Å². The van der Waals surface area contributed by atoms with Gasteiger partial charge in [0, 0.05) is 17.1 Å². The number of hydrogen-bond acceptors (Lipinski definition) is 4. The smallest absolute Gasteiger partial charge is 0.248 e. The molecule has 4 N–H and O–H groups in total. The zero-order valence-corrected chi connectivity index (χ0v) is 11.9. The van der Waals surface area contributed by atoms with Crippen molar-refractivity contribution in [3.05, 3.63) is 41.9 Å². The first-order chi connectivity index (χ1) is 10.5. The molecule has 7 nitrogen and oxygen atoms in total. The molecule has 3 rings (SSSR count). The highest BCUT2D eigenvalue weighted by molar-refractivity contribution is 5.99. The molecule has 7 heteroatoms. The number of primary amides is 1. The lowest BCUT2D eigenvalue weighted by atomic mass is 10.1. The highest BCUT2D eigenvalue weighted by Crippen LogP contribution is 2.21. The number of nitrogens with one attached hydrogen (secondary N) is 2. The summed E-state index contributed by atoms with van der Waals surface area (Å²) in [5.74, 6) is 7.12. The third-order valence-corrected chi connectivity index (χ3v) is 3.82. The monoisotopic (exact) mass is 298 g/mol. The number of pyridine rings is 1. The molecule has 2 aromatic rings. The van der Waals surface area contributed by atoms with Crippen LogP contribution in [0.5, 0.6) is 0 Å². The van der Waals surface area contributed by atoms with Gasteiger partial charge in [0.25, 0.3) is 0 Å². The zero-order chi connectivity index (χ0) is 15.7. The van der Waals surface area contributed by atoms with E-state index in [-0.39, 0.29) is 11.8 Å². The Bertz CT molecular complexity index is 746. The molecule has 1 aliphatic heterocycles. The first-order valence-electron chi connectivity index (χ1n) is 6.99. The fourth-order valence-electron chi connectivity index (χ4n) is 2.57. The van der Waals surface area contributed by atoms with E-state index in [1.54, 1.807) is 30.5 Å². The Hall–Kier alpha value is -2.51. The molecule has 22 heavy (non-hydrogen) atoms. The van der Waals surface area contributed by atoms with Gasteiger partial charge in [-0.05, 0) is 43.1 Å². The van der Waals surface area contributed by atoms with E-state index in [0.29, 0.717) is 30.9 Å². The Balaban J connectivity index is 1.82. The van der Waals surface area contributed by atoms with Crippen LogP contribution in [0.2, 0.25) is 0 Å². The van der Waals surface area contributed by atoms with Crippen molar-refractivity contribution in [2.75, 3.05) is 18.4 Å². The molecular formula is C15H16N5O2-. The van der Waals surface area contributed by atoms with Gasteiger partial charge in [-0.3, -0.25) is 9.59 Å². The number of benzene rings is 1. The van der Waals surface area contributed by atoms with Gasteiger partial charge in [0.15, 0.2) is 0 Å². The van der Waals surface area contributed by atoms with E-state index in [0.717, 1.165) is 10.8 Å². The number of anilines is 1. The number of fused-ring (bicyclic) bond motifs is 1. The second-order valence-corrected chi connectivity index (χ2v) is 5.42. The quantitative estimate of drug-likeness (QED) is 0.895. The minimum atomic E-state index is -0.495. The minimum absolute atomic E-state index is 0.132. The molecule has 2 heterocycles. The lowest BCUT2D eigenvalue weighted by Crippen LogP contribution is -2.25. The van der Waals surface area contributed by atoms with Crippen molar-refractivity contribution in [2.45, 2.75) is 6.42 Å². The van der Waals surface area contributed by atoms with E-state index < -0.39 is 5.91 Å². The summed E-state index contributed by atoms with van der Waals surface area (Å²) >= 11 is 0. The van der Waals surface area contributed by atoms with E-state index in [2.05, 4.69) is 10.3 Å². The van der Waals surface area contributed by atoms with Crippen molar-refractivity contribution in [2.24, 2.45) is 11.7 Å². The Kier molecular flexibility index (Phi) is 3.74. The number of hydrogen-bond donors (Lipinski definition) is 2. The average Bonchev–Trinajstić information content (AvgIpc) is 2.93. The number of aromatic nitrogens is 1. The minimum Gasteiger partial charge on any atom is -0.610 e. The molecule has 0 radical (unpaired) electrons. The molecule has 0 saturated carbocycles. The zero-order valence-electron chi connectivity index (χ0n) is 11.9. The maximum atomic E-state index is 12.1. The summed E-state index contributed by atoms with van der Waals surface area (Å²) in [7, 11) is 0. The van der Waals surface area contributed by atoms with Crippen LogP contribution in [-0.4, -0.2) is 34.9 Å². The number of rotatable bonds is 3. The lowest BCUT2D eigenvalue weighted by molar-refractivity contribution is -0.119. The fourth-order valence-corrected chi connectivity index (χ4v) is 2.57. The third-order valence-electron chi connectivity index (χ3n) is 3.82. The summed E-state index contributed by atoms with van der Waals surface area (Å²) in [6.07, 6.45) is 2.32. The first kappa shape index (κ1) is 14.4. The van der Waals surface area contributed by atoms with Crippen molar-refractivity contribution in [3.63, 3.8) is 0 Å². The van der Waals surface area contributed by atoms with Crippen LogP contribution in [0.3, 0.4) is 0 Å². The van der Waals surface area contributed by atoms with Crippen LogP contribution in [0.4, 0.5) is 5.82 Å². The van der Waals surface area contributed by atoms with E-state index >= 15 is 0 Å². The second-order valence-electron chi connectivity index (χ2n) is 5.42. The molecule has 0 aliphatic carbocycles. The van der Waals surface area contributed by atoms with Gasteiger partial charge in [0.1, 0.15) is 5.82 Å². The molecule has 1 aromatic carbocycles. The predicted molar refractivity (Wildman–Crippen MR) is 82.9 cm³/mol. The highest BCUT2D eigenvalue weighted by Gasteiger charge is 2.24. The van der Waals surface area contributed by atoms with Crippen LogP contribution in [0.15, 0.2) is 30.5 Å². The summed E-state index contributed by atoms with van der Waals surface area (Å²) < 4.78 is 0. The van der Waals surface area contributed by atoms with Crippen LogP contribution >= 0.6 is 0 Å². The number of carbonyl (C=O) groups excluding carboxylic acids is 2. The maximum Gasteiger partial charge on any atom is 0.248 e. The molecule has 0 spiro atoms. The average molecular weight is 298 g/mol. The topological polar surface area (TPSA) is 112 Å². The highest BCUT2D eigenvalue weighted by atomic mass is 16.2. The van der Waals surface area contributed by atoms with Gasteiger partial charge in [0.2, 0.25) is 11.8 Å². The summed E-state index contributed by atoms with van der Waals surface area (Å²) in [5.41, 5.74) is 5.69. The largest absolute Gasteiger partial charge is 0.610 e. The van der Waals surface area contributed by atoms with Crippen LogP contribution in [0.1, 0.15) is 16.8 Å². The molecule has 2 amide bonds. The second kappa shape index (κ2) is 5.70. The van der Waals surface area contributed by atoms with E-state index in [9.17, 15) is 9.59 Å². The third kappa shape index (κ3) is 2.90. The van der Waals surface area contributed by atoms with Gasteiger partial charge in [-0.2, -0.15) is 0 Å². The molecule has 1 aliphatic rings. The normalized spacial score (nSPS) is 18.5. The fraction of sp³-hybridized carbons (Fsp3) is 0.267.